The molecule has 0 aliphatic carbocycles. The fraction of sp³-hybridized carbons (Fsp3) is 0.529. The first-order valence-electron chi connectivity index (χ1n) is 7.64. The molecule has 0 radical (unpaired) electrons. The quantitative estimate of drug-likeness (QED) is 0.928. The highest BCUT2D eigenvalue weighted by Crippen LogP contribution is 2.16. The number of nitrogens with zero attached hydrogens (tertiary/aromatic N) is 1. The molecule has 1 aromatic rings. The van der Waals surface area contributed by atoms with Gasteiger partial charge in [0.25, 0.3) is 5.91 Å². The third kappa shape index (κ3) is 3.84. The van der Waals surface area contributed by atoms with Crippen molar-refractivity contribution >= 4 is 11.8 Å². The zero-order valence-corrected chi connectivity index (χ0v) is 13.1. The number of amides is 2. The molecule has 1 N–H and O–H groups in total. The number of carbonyl (C=O) groups is 2. The van der Waals surface area contributed by atoms with Gasteiger partial charge in [0, 0.05) is 30.6 Å². The number of piperidine rings is 1. The Bertz CT molecular complexity index is 517. The first kappa shape index (κ1) is 15.5. The number of hydrogen-bond donors (Lipinski definition) is 1. The summed E-state index contributed by atoms with van der Waals surface area (Å²) in [7, 11) is 0. The molecular formula is C17H24N2O2. The van der Waals surface area contributed by atoms with Crippen LogP contribution in [0.15, 0.2) is 24.3 Å². The molecule has 0 atom stereocenters. The Balaban J connectivity index is 1.91. The van der Waals surface area contributed by atoms with E-state index in [1.54, 1.807) is 0 Å². The van der Waals surface area contributed by atoms with Crippen LogP contribution in [0, 0.1) is 12.8 Å². The maximum atomic E-state index is 12.5. The summed E-state index contributed by atoms with van der Waals surface area (Å²) in [4.78, 5) is 26.1. The van der Waals surface area contributed by atoms with Crippen molar-refractivity contribution in [3.05, 3.63) is 35.4 Å². The number of aryl methyl sites for hydroxylation is 1. The highest BCUT2D eigenvalue weighted by Gasteiger charge is 2.25. The minimum atomic E-state index is 0.0108. The van der Waals surface area contributed by atoms with Gasteiger partial charge in [0.2, 0.25) is 5.91 Å². The lowest BCUT2D eigenvalue weighted by atomic mass is 10.0. The Morgan fingerprint density at radius 2 is 1.81 bits per heavy atom. The highest BCUT2D eigenvalue weighted by atomic mass is 16.2. The predicted octanol–water partition coefficient (Wildman–Crippen LogP) is 2.37. The van der Waals surface area contributed by atoms with Crippen LogP contribution in [-0.2, 0) is 4.79 Å². The van der Waals surface area contributed by atoms with Crippen molar-refractivity contribution in [3.8, 4) is 0 Å². The van der Waals surface area contributed by atoms with E-state index in [1.807, 2.05) is 49.9 Å². The van der Waals surface area contributed by atoms with Gasteiger partial charge >= 0.3 is 0 Å². The molecular weight excluding hydrogens is 264 g/mol. The largest absolute Gasteiger partial charge is 0.353 e. The van der Waals surface area contributed by atoms with Gasteiger partial charge in [-0.15, -0.1) is 0 Å². The van der Waals surface area contributed by atoms with Crippen LogP contribution in [0.3, 0.4) is 0 Å². The molecule has 114 valence electrons. The molecule has 1 aliphatic rings. The van der Waals surface area contributed by atoms with E-state index in [9.17, 15) is 9.59 Å². The summed E-state index contributed by atoms with van der Waals surface area (Å²) in [5.41, 5.74) is 1.79. The fourth-order valence-electron chi connectivity index (χ4n) is 2.58. The number of carbonyl (C=O) groups excluding carboxylic acids is 2. The van der Waals surface area contributed by atoms with Crippen LogP contribution < -0.4 is 5.32 Å². The summed E-state index contributed by atoms with van der Waals surface area (Å²) in [6, 6.07) is 7.88. The van der Waals surface area contributed by atoms with E-state index in [2.05, 4.69) is 5.32 Å². The molecule has 1 saturated heterocycles. The van der Waals surface area contributed by atoms with Gasteiger partial charge in [-0.3, -0.25) is 9.59 Å². The van der Waals surface area contributed by atoms with E-state index < -0.39 is 0 Å². The highest BCUT2D eigenvalue weighted by molar-refractivity contribution is 5.95. The molecule has 1 fully saturated rings. The molecule has 0 unspecified atom stereocenters. The van der Waals surface area contributed by atoms with Gasteiger partial charge in [0.15, 0.2) is 0 Å². The molecule has 1 aliphatic heterocycles. The van der Waals surface area contributed by atoms with E-state index in [1.165, 1.54) is 0 Å². The zero-order valence-electron chi connectivity index (χ0n) is 13.1. The van der Waals surface area contributed by atoms with Gasteiger partial charge in [-0.25, -0.2) is 0 Å². The number of benzene rings is 1. The van der Waals surface area contributed by atoms with Crippen molar-refractivity contribution in [1.82, 2.24) is 10.2 Å². The van der Waals surface area contributed by atoms with E-state index in [4.69, 9.17) is 0 Å². The van der Waals surface area contributed by atoms with E-state index >= 15 is 0 Å². The monoisotopic (exact) mass is 288 g/mol. The summed E-state index contributed by atoms with van der Waals surface area (Å²) in [5, 5.41) is 3.05. The Labute approximate surface area is 126 Å². The van der Waals surface area contributed by atoms with E-state index in [0.29, 0.717) is 13.1 Å². The number of rotatable bonds is 3. The lowest BCUT2D eigenvalue weighted by Crippen LogP contribution is -2.47. The van der Waals surface area contributed by atoms with Crippen molar-refractivity contribution in [2.45, 2.75) is 39.7 Å². The Hall–Kier alpha value is -1.84. The van der Waals surface area contributed by atoms with Crippen LogP contribution in [0.2, 0.25) is 0 Å². The van der Waals surface area contributed by atoms with Gasteiger partial charge < -0.3 is 10.2 Å². The van der Waals surface area contributed by atoms with E-state index in [-0.39, 0.29) is 23.8 Å². The molecule has 21 heavy (non-hydrogen) atoms. The van der Waals surface area contributed by atoms with Crippen molar-refractivity contribution in [2.75, 3.05) is 13.1 Å². The van der Waals surface area contributed by atoms with Gasteiger partial charge in [-0.1, -0.05) is 32.0 Å². The third-order valence-electron chi connectivity index (χ3n) is 4.03. The van der Waals surface area contributed by atoms with Crippen molar-refractivity contribution in [3.63, 3.8) is 0 Å². The lowest BCUT2D eigenvalue weighted by Gasteiger charge is -2.33. The summed E-state index contributed by atoms with van der Waals surface area (Å²) >= 11 is 0. The summed E-state index contributed by atoms with van der Waals surface area (Å²) in [6.45, 7) is 7.16. The molecule has 2 amide bonds. The summed E-state index contributed by atoms with van der Waals surface area (Å²) in [5.74, 6) is 0.206. The second-order valence-electron chi connectivity index (χ2n) is 6.04. The minimum absolute atomic E-state index is 0.0108. The van der Waals surface area contributed by atoms with Crippen LogP contribution in [0.1, 0.15) is 42.6 Å². The van der Waals surface area contributed by atoms with Gasteiger partial charge in [-0.2, -0.15) is 0 Å². The second-order valence-corrected chi connectivity index (χ2v) is 6.04. The Kier molecular flexibility index (Phi) is 4.99. The minimum Gasteiger partial charge on any atom is -0.353 e. The molecule has 4 nitrogen and oxygen atoms in total. The summed E-state index contributed by atoms with van der Waals surface area (Å²) in [6.07, 6.45) is 1.66. The smallest absolute Gasteiger partial charge is 0.254 e. The van der Waals surface area contributed by atoms with Crippen molar-refractivity contribution in [2.24, 2.45) is 5.92 Å². The average Bonchev–Trinajstić information content (AvgIpc) is 2.47. The standard InChI is InChI=1S/C17H24N2O2/c1-12(2)16(20)18-14-8-10-19(11-9-14)17(21)15-7-5-4-6-13(15)3/h4-7,12,14H,8-11H2,1-3H3,(H,18,20). The van der Waals surface area contributed by atoms with Gasteiger partial charge in [0.05, 0.1) is 0 Å². The van der Waals surface area contributed by atoms with Gasteiger partial charge in [0.1, 0.15) is 0 Å². The predicted molar refractivity (Wildman–Crippen MR) is 83.1 cm³/mol. The molecule has 2 rings (SSSR count). The molecule has 0 bridgehead atoms. The zero-order chi connectivity index (χ0) is 15.4. The first-order valence-corrected chi connectivity index (χ1v) is 7.64. The topological polar surface area (TPSA) is 49.4 Å². The Morgan fingerprint density at radius 3 is 2.38 bits per heavy atom. The molecule has 0 saturated carbocycles. The van der Waals surface area contributed by atoms with Crippen LogP contribution in [0.25, 0.3) is 0 Å². The summed E-state index contributed by atoms with van der Waals surface area (Å²) < 4.78 is 0. The molecule has 1 aromatic carbocycles. The molecule has 0 spiro atoms. The fourth-order valence-corrected chi connectivity index (χ4v) is 2.58. The van der Waals surface area contributed by atoms with Crippen molar-refractivity contribution in [1.29, 1.82) is 0 Å². The number of hydrogen-bond acceptors (Lipinski definition) is 2. The average molecular weight is 288 g/mol. The molecule has 0 aromatic heterocycles. The second kappa shape index (κ2) is 6.74. The lowest BCUT2D eigenvalue weighted by molar-refractivity contribution is -0.124. The van der Waals surface area contributed by atoms with E-state index in [0.717, 1.165) is 24.0 Å². The normalized spacial score (nSPS) is 16.1. The third-order valence-corrected chi connectivity index (χ3v) is 4.03. The van der Waals surface area contributed by atoms with Gasteiger partial charge in [-0.05, 0) is 31.4 Å². The SMILES string of the molecule is Cc1ccccc1C(=O)N1CCC(NC(=O)C(C)C)CC1. The van der Waals surface area contributed by atoms with Crippen LogP contribution in [0.4, 0.5) is 0 Å². The Morgan fingerprint density at radius 1 is 1.19 bits per heavy atom. The number of nitrogens with one attached hydrogen (secondary N) is 1. The van der Waals surface area contributed by atoms with Crippen LogP contribution in [0.5, 0.6) is 0 Å². The number of likely N-dealkylation sites (tertiary alicyclic amines) is 1. The first-order chi connectivity index (χ1) is 9.99. The van der Waals surface area contributed by atoms with Crippen LogP contribution >= 0.6 is 0 Å². The maximum absolute atomic E-state index is 12.5. The van der Waals surface area contributed by atoms with Crippen LogP contribution in [-0.4, -0.2) is 35.8 Å². The molecule has 1 heterocycles. The van der Waals surface area contributed by atoms with Crippen molar-refractivity contribution < 1.29 is 9.59 Å². The molecule has 4 heteroatoms. The maximum Gasteiger partial charge on any atom is 0.254 e.